The highest BCUT2D eigenvalue weighted by Gasteiger charge is 2.01. The van der Waals surface area contributed by atoms with Crippen LogP contribution in [0.2, 0.25) is 0 Å². The van der Waals surface area contributed by atoms with Crippen LogP contribution in [-0.2, 0) is 0 Å². The molecule has 0 saturated carbocycles. The molecule has 1 heterocycles. The number of hydrogen-bond acceptors (Lipinski definition) is 4. The Kier molecular flexibility index (Phi) is 5.41. The lowest BCUT2D eigenvalue weighted by Gasteiger charge is -2.03. The first kappa shape index (κ1) is 13.6. The number of nitrogens with zero attached hydrogens (tertiary/aromatic N) is 2. The van der Waals surface area contributed by atoms with E-state index in [4.69, 9.17) is 4.74 Å². The van der Waals surface area contributed by atoms with E-state index in [1.807, 2.05) is 37.4 Å². The quantitative estimate of drug-likeness (QED) is 0.667. The van der Waals surface area contributed by atoms with Gasteiger partial charge in [-0.05, 0) is 49.6 Å². The van der Waals surface area contributed by atoms with E-state index >= 15 is 0 Å². The van der Waals surface area contributed by atoms with Gasteiger partial charge < -0.3 is 4.74 Å². The fraction of sp³-hybridized carbons (Fsp3) is 0.467. The summed E-state index contributed by atoms with van der Waals surface area (Å²) in [5.74, 6) is 1.89. The summed E-state index contributed by atoms with van der Waals surface area (Å²) in [7, 11) is 0. The third-order valence-corrected chi connectivity index (χ3v) is 2.97. The maximum atomic E-state index is 5.40. The molecular weight excluding hydrogens is 238 g/mol. The van der Waals surface area contributed by atoms with Crippen LogP contribution in [0.25, 0.3) is 0 Å². The van der Waals surface area contributed by atoms with Gasteiger partial charge in [0.15, 0.2) is 0 Å². The zero-order valence-electron chi connectivity index (χ0n) is 11.4. The molecule has 4 heteroatoms. The molecule has 0 radical (unpaired) electrons. The molecule has 102 valence electrons. The van der Waals surface area contributed by atoms with Gasteiger partial charge in [-0.25, -0.2) is 0 Å². The minimum Gasteiger partial charge on any atom is -0.494 e. The van der Waals surface area contributed by atoms with E-state index in [0.29, 0.717) is 6.61 Å². The minimum absolute atomic E-state index is 0.689. The summed E-state index contributed by atoms with van der Waals surface area (Å²) in [4.78, 5) is 4.46. The molecule has 0 bridgehead atoms. The van der Waals surface area contributed by atoms with Gasteiger partial charge in [0.2, 0.25) is 0 Å². The molecule has 2 rings (SSSR count). The van der Waals surface area contributed by atoms with Crippen LogP contribution in [0.4, 0.5) is 0 Å². The third-order valence-electron chi connectivity index (χ3n) is 2.97. The van der Waals surface area contributed by atoms with Crippen LogP contribution in [0.15, 0.2) is 34.4 Å². The van der Waals surface area contributed by atoms with Crippen molar-refractivity contribution in [3.63, 3.8) is 0 Å². The zero-order valence-corrected chi connectivity index (χ0v) is 11.4. The van der Waals surface area contributed by atoms with Crippen LogP contribution in [0.3, 0.4) is 0 Å². The minimum atomic E-state index is 0.689. The molecule has 1 aromatic rings. The molecule has 1 aliphatic rings. The van der Waals surface area contributed by atoms with Gasteiger partial charge in [-0.3, -0.25) is 10.4 Å². The first-order valence-electron chi connectivity index (χ1n) is 6.94. The van der Waals surface area contributed by atoms with Gasteiger partial charge in [0.05, 0.1) is 12.8 Å². The number of amidine groups is 1. The number of hydrazone groups is 1. The Labute approximate surface area is 114 Å². The van der Waals surface area contributed by atoms with Gasteiger partial charge in [0.25, 0.3) is 0 Å². The predicted molar refractivity (Wildman–Crippen MR) is 79.1 cm³/mol. The number of aliphatic imine (C=N–C) groups is 1. The van der Waals surface area contributed by atoms with Crippen LogP contribution in [0, 0.1) is 0 Å². The first-order valence-corrected chi connectivity index (χ1v) is 6.94. The second kappa shape index (κ2) is 7.56. The van der Waals surface area contributed by atoms with Crippen molar-refractivity contribution in [1.29, 1.82) is 0 Å². The zero-order chi connectivity index (χ0) is 13.3. The highest BCUT2D eigenvalue weighted by Crippen LogP contribution is 2.10. The molecule has 0 saturated heterocycles. The number of hydrogen-bond donors (Lipinski definition) is 1. The second-order valence-electron chi connectivity index (χ2n) is 4.51. The Balaban J connectivity index is 1.85. The molecule has 4 nitrogen and oxygen atoms in total. The van der Waals surface area contributed by atoms with Crippen molar-refractivity contribution in [3.8, 4) is 5.75 Å². The van der Waals surface area contributed by atoms with E-state index < -0.39 is 0 Å². The van der Waals surface area contributed by atoms with E-state index in [-0.39, 0.29) is 0 Å². The smallest absolute Gasteiger partial charge is 0.119 e. The normalized spacial score (nSPS) is 15.9. The van der Waals surface area contributed by atoms with Gasteiger partial charge in [-0.1, -0.05) is 6.42 Å². The average Bonchev–Trinajstić information content (AvgIpc) is 2.70. The lowest BCUT2D eigenvalue weighted by atomic mass is 10.2. The first-order chi connectivity index (χ1) is 9.38. The molecule has 0 spiro atoms. The van der Waals surface area contributed by atoms with E-state index in [0.717, 1.165) is 30.1 Å². The maximum Gasteiger partial charge on any atom is 0.119 e. The summed E-state index contributed by atoms with van der Waals surface area (Å²) >= 11 is 0. The molecule has 0 aliphatic carbocycles. The van der Waals surface area contributed by atoms with Crippen molar-refractivity contribution in [3.05, 3.63) is 29.8 Å². The molecule has 0 amide bonds. The number of nitrogens with one attached hydrogen (secondary N) is 1. The van der Waals surface area contributed by atoms with E-state index in [2.05, 4.69) is 15.5 Å². The highest BCUT2D eigenvalue weighted by atomic mass is 16.5. The molecular formula is C15H21N3O. The topological polar surface area (TPSA) is 46.0 Å². The molecule has 1 N–H and O–H groups in total. The van der Waals surface area contributed by atoms with Crippen LogP contribution in [-0.4, -0.2) is 25.2 Å². The standard InChI is InChI=1S/C15H21N3O/c1-2-19-14-9-7-13(8-10-14)12-17-18-15-6-4-3-5-11-16-15/h7-10,12H,2-6,11H2,1H3,(H,16,18)/b17-12-. The van der Waals surface area contributed by atoms with Crippen LogP contribution < -0.4 is 10.2 Å². The van der Waals surface area contributed by atoms with Crippen molar-refractivity contribution >= 4 is 12.1 Å². The number of benzene rings is 1. The summed E-state index contributed by atoms with van der Waals surface area (Å²) in [6, 6.07) is 7.89. The highest BCUT2D eigenvalue weighted by molar-refractivity contribution is 5.85. The largest absolute Gasteiger partial charge is 0.494 e. The fourth-order valence-corrected chi connectivity index (χ4v) is 1.96. The molecule has 19 heavy (non-hydrogen) atoms. The Morgan fingerprint density at radius 3 is 2.89 bits per heavy atom. The van der Waals surface area contributed by atoms with Gasteiger partial charge in [0, 0.05) is 13.0 Å². The Bertz CT molecular complexity index is 437. The average molecular weight is 259 g/mol. The van der Waals surface area contributed by atoms with Crippen molar-refractivity contribution in [2.45, 2.75) is 32.6 Å². The third kappa shape index (κ3) is 4.73. The Morgan fingerprint density at radius 1 is 1.26 bits per heavy atom. The van der Waals surface area contributed by atoms with Crippen molar-refractivity contribution in [1.82, 2.24) is 5.43 Å². The monoisotopic (exact) mass is 259 g/mol. The van der Waals surface area contributed by atoms with E-state index in [1.54, 1.807) is 0 Å². The fourth-order valence-electron chi connectivity index (χ4n) is 1.96. The molecule has 0 fully saturated rings. The molecule has 0 atom stereocenters. The SMILES string of the molecule is CCOc1ccc(/C=N\NC2=NCCCCC2)cc1. The summed E-state index contributed by atoms with van der Waals surface area (Å²) in [6.07, 6.45) is 6.46. The van der Waals surface area contributed by atoms with Crippen LogP contribution >= 0.6 is 0 Å². The summed E-state index contributed by atoms with van der Waals surface area (Å²) < 4.78 is 5.40. The van der Waals surface area contributed by atoms with Crippen molar-refractivity contribution in [2.24, 2.45) is 10.1 Å². The summed E-state index contributed by atoms with van der Waals surface area (Å²) in [6.45, 7) is 3.59. The van der Waals surface area contributed by atoms with Crippen LogP contribution in [0.1, 0.15) is 38.2 Å². The summed E-state index contributed by atoms with van der Waals surface area (Å²) in [5.41, 5.74) is 4.08. The second-order valence-corrected chi connectivity index (χ2v) is 4.51. The summed E-state index contributed by atoms with van der Waals surface area (Å²) in [5, 5.41) is 4.24. The molecule has 1 aromatic carbocycles. The van der Waals surface area contributed by atoms with Crippen molar-refractivity contribution < 1.29 is 4.74 Å². The predicted octanol–water partition coefficient (Wildman–Crippen LogP) is 2.98. The maximum absolute atomic E-state index is 5.40. The Morgan fingerprint density at radius 2 is 2.11 bits per heavy atom. The molecule has 0 aromatic heterocycles. The van der Waals surface area contributed by atoms with Gasteiger partial charge >= 0.3 is 0 Å². The lowest BCUT2D eigenvalue weighted by Crippen LogP contribution is -2.17. The lowest BCUT2D eigenvalue weighted by molar-refractivity contribution is 0.340. The van der Waals surface area contributed by atoms with Gasteiger partial charge in [0.1, 0.15) is 11.6 Å². The van der Waals surface area contributed by atoms with Gasteiger partial charge in [-0.15, -0.1) is 0 Å². The van der Waals surface area contributed by atoms with E-state index in [9.17, 15) is 0 Å². The Hall–Kier alpha value is -1.84. The van der Waals surface area contributed by atoms with E-state index in [1.165, 1.54) is 19.3 Å². The van der Waals surface area contributed by atoms with Crippen LogP contribution in [0.5, 0.6) is 5.75 Å². The van der Waals surface area contributed by atoms with Crippen molar-refractivity contribution in [2.75, 3.05) is 13.2 Å². The number of ether oxygens (including phenoxy) is 1. The number of rotatable bonds is 4. The van der Waals surface area contributed by atoms with Gasteiger partial charge in [-0.2, -0.15) is 5.10 Å². The molecule has 1 aliphatic heterocycles. The molecule has 0 unspecified atom stereocenters.